The molecular formula is C16H13NO2S. The van der Waals surface area contributed by atoms with Crippen LogP contribution >= 0.6 is 12.6 Å². The predicted molar refractivity (Wildman–Crippen MR) is 79.2 cm³/mol. The van der Waals surface area contributed by atoms with Crippen LogP contribution in [0, 0.1) is 0 Å². The molecule has 0 saturated carbocycles. The van der Waals surface area contributed by atoms with Crippen molar-refractivity contribution in [1.82, 2.24) is 4.90 Å². The summed E-state index contributed by atoms with van der Waals surface area (Å²) >= 11 is 4.23. The molecule has 1 aliphatic rings. The molecule has 0 unspecified atom stereocenters. The number of hydrogen-bond donors (Lipinski definition) is 1. The summed E-state index contributed by atoms with van der Waals surface area (Å²) in [5.41, 5.74) is 2.09. The molecule has 0 N–H and O–H groups in total. The van der Waals surface area contributed by atoms with E-state index in [1.807, 2.05) is 24.3 Å². The molecule has 2 aromatic carbocycles. The fourth-order valence-electron chi connectivity index (χ4n) is 2.35. The Bertz CT molecular complexity index is 644. The summed E-state index contributed by atoms with van der Waals surface area (Å²) in [6.07, 6.45) is 0.652. The van der Waals surface area contributed by atoms with Gasteiger partial charge in [0, 0.05) is 11.4 Å². The Morgan fingerprint density at radius 3 is 1.95 bits per heavy atom. The lowest BCUT2D eigenvalue weighted by Gasteiger charge is -2.13. The molecule has 0 radical (unpaired) electrons. The molecule has 3 rings (SSSR count). The maximum absolute atomic E-state index is 12.2. The number of nitrogens with zero attached hydrogens (tertiary/aromatic N) is 1. The van der Waals surface area contributed by atoms with Crippen LogP contribution < -0.4 is 0 Å². The van der Waals surface area contributed by atoms with Gasteiger partial charge in [0.1, 0.15) is 0 Å². The second-order valence-corrected chi connectivity index (χ2v) is 5.24. The Balaban J connectivity index is 1.75. The molecule has 0 bridgehead atoms. The topological polar surface area (TPSA) is 37.4 Å². The lowest BCUT2D eigenvalue weighted by atomic mass is 10.1. The molecule has 0 saturated heterocycles. The molecule has 0 fully saturated rings. The van der Waals surface area contributed by atoms with E-state index in [0.29, 0.717) is 24.1 Å². The number of fused-ring (bicyclic) bond motifs is 1. The maximum Gasteiger partial charge on any atom is 0.261 e. The van der Waals surface area contributed by atoms with Crippen molar-refractivity contribution in [1.29, 1.82) is 0 Å². The van der Waals surface area contributed by atoms with Crippen molar-refractivity contribution in [2.24, 2.45) is 0 Å². The van der Waals surface area contributed by atoms with E-state index in [-0.39, 0.29) is 11.8 Å². The molecule has 0 spiro atoms. The normalized spacial score (nSPS) is 13.8. The quantitative estimate of drug-likeness (QED) is 0.695. The lowest BCUT2D eigenvalue weighted by Crippen LogP contribution is -2.31. The van der Waals surface area contributed by atoms with E-state index in [2.05, 4.69) is 12.6 Å². The van der Waals surface area contributed by atoms with Gasteiger partial charge in [-0.15, -0.1) is 12.6 Å². The molecule has 0 aromatic heterocycles. The van der Waals surface area contributed by atoms with Crippen molar-refractivity contribution in [2.45, 2.75) is 11.3 Å². The SMILES string of the molecule is O=C1c2ccccc2C(=O)N1CCc1ccc(S)cc1. The Hall–Kier alpha value is -2.07. The first kappa shape index (κ1) is 12.9. The zero-order chi connectivity index (χ0) is 14.1. The summed E-state index contributed by atoms with van der Waals surface area (Å²) in [6, 6.07) is 14.7. The third-order valence-corrected chi connectivity index (χ3v) is 3.74. The molecule has 1 aliphatic heterocycles. The smallest absolute Gasteiger partial charge is 0.261 e. The zero-order valence-corrected chi connectivity index (χ0v) is 11.6. The molecule has 100 valence electrons. The average molecular weight is 283 g/mol. The Labute approximate surface area is 122 Å². The number of benzene rings is 2. The van der Waals surface area contributed by atoms with Gasteiger partial charge in [-0.1, -0.05) is 24.3 Å². The minimum atomic E-state index is -0.198. The molecule has 0 aliphatic carbocycles. The summed E-state index contributed by atoms with van der Waals surface area (Å²) in [5.74, 6) is -0.396. The van der Waals surface area contributed by atoms with E-state index in [9.17, 15) is 9.59 Å². The lowest BCUT2D eigenvalue weighted by molar-refractivity contribution is 0.0656. The van der Waals surface area contributed by atoms with Gasteiger partial charge in [0.15, 0.2) is 0 Å². The molecule has 0 atom stereocenters. The summed E-state index contributed by atoms with van der Waals surface area (Å²) in [4.78, 5) is 26.6. The first-order valence-electron chi connectivity index (χ1n) is 6.40. The van der Waals surface area contributed by atoms with Crippen molar-refractivity contribution in [3.63, 3.8) is 0 Å². The largest absolute Gasteiger partial charge is 0.274 e. The number of hydrogen-bond acceptors (Lipinski definition) is 3. The summed E-state index contributed by atoms with van der Waals surface area (Å²) in [6.45, 7) is 0.401. The molecule has 20 heavy (non-hydrogen) atoms. The van der Waals surface area contributed by atoms with Gasteiger partial charge < -0.3 is 0 Å². The average Bonchev–Trinajstić information content (AvgIpc) is 2.71. The van der Waals surface area contributed by atoms with E-state index < -0.39 is 0 Å². The van der Waals surface area contributed by atoms with Crippen LogP contribution in [0.2, 0.25) is 0 Å². The van der Waals surface area contributed by atoms with Crippen molar-refractivity contribution in [3.05, 3.63) is 65.2 Å². The minimum Gasteiger partial charge on any atom is -0.274 e. The van der Waals surface area contributed by atoms with Crippen LogP contribution in [-0.2, 0) is 6.42 Å². The number of amides is 2. The van der Waals surface area contributed by atoms with E-state index >= 15 is 0 Å². The highest BCUT2D eigenvalue weighted by Crippen LogP contribution is 2.22. The molecule has 2 amide bonds. The summed E-state index contributed by atoms with van der Waals surface area (Å²) in [5, 5.41) is 0. The van der Waals surface area contributed by atoms with Gasteiger partial charge in [-0.3, -0.25) is 14.5 Å². The van der Waals surface area contributed by atoms with Crippen LogP contribution in [0.4, 0.5) is 0 Å². The van der Waals surface area contributed by atoms with Gasteiger partial charge in [-0.25, -0.2) is 0 Å². The van der Waals surface area contributed by atoms with Gasteiger partial charge in [-0.05, 0) is 36.2 Å². The summed E-state index contributed by atoms with van der Waals surface area (Å²) in [7, 11) is 0. The fourth-order valence-corrected chi connectivity index (χ4v) is 2.49. The van der Waals surface area contributed by atoms with Crippen molar-refractivity contribution < 1.29 is 9.59 Å². The van der Waals surface area contributed by atoms with E-state index in [4.69, 9.17) is 0 Å². The standard InChI is InChI=1S/C16H13NO2S/c18-15-13-3-1-2-4-14(13)16(19)17(15)10-9-11-5-7-12(20)8-6-11/h1-8,20H,9-10H2. The van der Waals surface area contributed by atoms with E-state index in [1.54, 1.807) is 24.3 Å². The van der Waals surface area contributed by atoms with E-state index in [0.717, 1.165) is 10.5 Å². The van der Waals surface area contributed by atoms with Crippen molar-refractivity contribution in [3.8, 4) is 0 Å². The highest BCUT2D eigenvalue weighted by atomic mass is 32.1. The third kappa shape index (κ3) is 2.23. The van der Waals surface area contributed by atoms with Crippen LogP contribution in [0.1, 0.15) is 26.3 Å². The van der Waals surface area contributed by atoms with Crippen LogP contribution in [0.15, 0.2) is 53.4 Å². The summed E-state index contributed by atoms with van der Waals surface area (Å²) < 4.78 is 0. The monoisotopic (exact) mass is 283 g/mol. The third-order valence-electron chi connectivity index (χ3n) is 3.44. The fraction of sp³-hybridized carbons (Fsp3) is 0.125. The van der Waals surface area contributed by atoms with Crippen molar-refractivity contribution >= 4 is 24.4 Å². The first-order chi connectivity index (χ1) is 9.66. The molecule has 4 heteroatoms. The van der Waals surface area contributed by atoms with Gasteiger partial charge in [0.05, 0.1) is 11.1 Å². The Morgan fingerprint density at radius 2 is 1.40 bits per heavy atom. The minimum absolute atomic E-state index is 0.198. The highest BCUT2D eigenvalue weighted by Gasteiger charge is 2.34. The van der Waals surface area contributed by atoms with Gasteiger partial charge in [0.25, 0.3) is 11.8 Å². The number of thiol groups is 1. The molecule has 2 aromatic rings. The molecular weight excluding hydrogens is 270 g/mol. The number of carbonyl (C=O) groups excluding carboxylic acids is 2. The van der Waals surface area contributed by atoms with Crippen molar-refractivity contribution in [2.75, 3.05) is 6.54 Å². The Morgan fingerprint density at radius 1 is 0.850 bits per heavy atom. The van der Waals surface area contributed by atoms with Crippen LogP contribution in [0.5, 0.6) is 0 Å². The van der Waals surface area contributed by atoms with Crippen LogP contribution in [0.25, 0.3) is 0 Å². The first-order valence-corrected chi connectivity index (χ1v) is 6.84. The molecule has 1 heterocycles. The van der Waals surface area contributed by atoms with Gasteiger partial charge in [-0.2, -0.15) is 0 Å². The molecule has 3 nitrogen and oxygen atoms in total. The van der Waals surface area contributed by atoms with Gasteiger partial charge >= 0.3 is 0 Å². The van der Waals surface area contributed by atoms with Crippen LogP contribution in [-0.4, -0.2) is 23.3 Å². The van der Waals surface area contributed by atoms with Gasteiger partial charge in [0.2, 0.25) is 0 Å². The second-order valence-electron chi connectivity index (χ2n) is 4.72. The van der Waals surface area contributed by atoms with E-state index in [1.165, 1.54) is 4.90 Å². The maximum atomic E-state index is 12.2. The van der Waals surface area contributed by atoms with Crippen LogP contribution in [0.3, 0.4) is 0 Å². The number of imide groups is 1. The second kappa shape index (κ2) is 5.13. The number of rotatable bonds is 3. The Kier molecular flexibility index (Phi) is 3.32. The predicted octanol–water partition coefficient (Wildman–Crippen LogP) is 2.81. The number of carbonyl (C=O) groups is 2. The zero-order valence-electron chi connectivity index (χ0n) is 10.7. The highest BCUT2D eigenvalue weighted by molar-refractivity contribution is 7.80.